The van der Waals surface area contributed by atoms with Crippen LogP contribution in [0.2, 0.25) is 0 Å². The lowest BCUT2D eigenvalue weighted by Gasteiger charge is -2.09. The Labute approximate surface area is 154 Å². The summed E-state index contributed by atoms with van der Waals surface area (Å²) in [7, 11) is 0. The van der Waals surface area contributed by atoms with E-state index < -0.39 is 5.97 Å². The highest BCUT2D eigenvalue weighted by atomic mass is 16.6. The molecule has 0 spiro atoms. The van der Waals surface area contributed by atoms with Gasteiger partial charge in [-0.2, -0.15) is 0 Å². The maximum absolute atomic E-state index is 11.5. The summed E-state index contributed by atoms with van der Waals surface area (Å²) in [6.07, 6.45) is 18.3. The second-order valence-corrected chi connectivity index (χ2v) is 7.28. The van der Waals surface area contributed by atoms with Gasteiger partial charge < -0.3 is 9.84 Å². The molecule has 0 bridgehead atoms. The van der Waals surface area contributed by atoms with Gasteiger partial charge in [0.1, 0.15) is 0 Å². The van der Waals surface area contributed by atoms with E-state index in [4.69, 9.17) is 5.11 Å². The minimum atomic E-state index is -0.515. The molecular weight excluding hydrogens is 316 g/mol. The van der Waals surface area contributed by atoms with Gasteiger partial charge in [0, 0.05) is 13.5 Å². The Morgan fingerprint density at radius 2 is 1.08 bits per heavy atom. The molecule has 0 fully saturated rings. The van der Waals surface area contributed by atoms with Crippen LogP contribution in [-0.4, -0.2) is 23.7 Å². The van der Waals surface area contributed by atoms with E-state index in [-0.39, 0.29) is 11.9 Å². The SMILES string of the molecule is CC(=O)OC(=O)C(C)CCCCCCCCCCCCCCCCO. The molecule has 4 heteroatoms. The summed E-state index contributed by atoms with van der Waals surface area (Å²) in [4.78, 5) is 22.2. The topological polar surface area (TPSA) is 63.6 Å². The fourth-order valence-electron chi connectivity index (χ4n) is 3.04. The Morgan fingerprint density at radius 3 is 1.44 bits per heavy atom. The van der Waals surface area contributed by atoms with Crippen molar-refractivity contribution in [3.63, 3.8) is 0 Å². The van der Waals surface area contributed by atoms with Crippen molar-refractivity contribution in [1.82, 2.24) is 0 Å². The lowest BCUT2D eigenvalue weighted by molar-refractivity contribution is -0.160. The summed E-state index contributed by atoms with van der Waals surface area (Å²) in [5.74, 6) is -1.08. The normalized spacial score (nSPS) is 12.1. The maximum Gasteiger partial charge on any atom is 0.316 e. The first-order valence-corrected chi connectivity index (χ1v) is 10.4. The standard InChI is InChI=1S/C21H40O4/c1-19(21(24)25-20(2)23)17-15-13-11-9-7-5-3-4-6-8-10-12-14-16-18-22/h19,22H,3-18H2,1-2H3. The average molecular weight is 357 g/mol. The van der Waals surface area contributed by atoms with E-state index in [0.717, 1.165) is 25.7 Å². The van der Waals surface area contributed by atoms with Gasteiger partial charge in [-0.15, -0.1) is 0 Å². The van der Waals surface area contributed by atoms with E-state index in [1.54, 1.807) is 0 Å². The van der Waals surface area contributed by atoms with Gasteiger partial charge in [0.2, 0.25) is 0 Å². The number of rotatable bonds is 17. The Morgan fingerprint density at radius 1 is 0.720 bits per heavy atom. The zero-order valence-electron chi connectivity index (χ0n) is 16.6. The highest BCUT2D eigenvalue weighted by Gasteiger charge is 2.15. The third-order valence-corrected chi connectivity index (χ3v) is 4.69. The minimum Gasteiger partial charge on any atom is -0.396 e. The summed E-state index contributed by atoms with van der Waals surface area (Å²) in [6.45, 7) is 3.44. The molecule has 0 heterocycles. The number of unbranched alkanes of at least 4 members (excludes halogenated alkanes) is 13. The van der Waals surface area contributed by atoms with Crippen LogP contribution < -0.4 is 0 Å². The molecule has 1 N–H and O–H groups in total. The Hall–Kier alpha value is -0.900. The molecule has 1 unspecified atom stereocenters. The second-order valence-electron chi connectivity index (χ2n) is 7.28. The lowest BCUT2D eigenvalue weighted by Crippen LogP contribution is -2.17. The first-order valence-electron chi connectivity index (χ1n) is 10.4. The van der Waals surface area contributed by atoms with E-state index >= 15 is 0 Å². The molecule has 0 radical (unpaired) electrons. The molecule has 25 heavy (non-hydrogen) atoms. The van der Waals surface area contributed by atoms with E-state index in [2.05, 4.69) is 4.74 Å². The highest BCUT2D eigenvalue weighted by molar-refractivity contribution is 5.85. The van der Waals surface area contributed by atoms with Crippen molar-refractivity contribution in [1.29, 1.82) is 0 Å². The van der Waals surface area contributed by atoms with Crippen molar-refractivity contribution in [3.05, 3.63) is 0 Å². The van der Waals surface area contributed by atoms with Crippen LogP contribution in [0, 0.1) is 5.92 Å². The molecule has 0 aliphatic carbocycles. The molecule has 0 amide bonds. The summed E-state index contributed by atoms with van der Waals surface area (Å²) in [5.41, 5.74) is 0. The first-order chi connectivity index (χ1) is 12.1. The molecular formula is C21H40O4. The smallest absolute Gasteiger partial charge is 0.316 e. The van der Waals surface area contributed by atoms with Crippen LogP contribution >= 0.6 is 0 Å². The van der Waals surface area contributed by atoms with Crippen LogP contribution in [0.5, 0.6) is 0 Å². The van der Waals surface area contributed by atoms with Gasteiger partial charge in [0.15, 0.2) is 0 Å². The van der Waals surface area contributed by atoms with Gasteiger partial charge in [-0.3, -0.25) is 9.59 Å². The van der Waals surface area contributed by atoms with E-state index in [1.165, 1.54) is 77.6 Å². The number of esters is 2. The number of ether oxygens (including phenoxy) is 1. The van der Waals surface area contributed by atoms with E-state index in [1.807, 2.05) is 6.92 Å². The van der Waals surface area contributed by atoms with Gasteiger partial charge in [-0.1, -0.05) is 90.4 Å². The first kappa shape index (κ1) is 24.1. The quantitative estimate of drug-likeness (QED) is 0.211. The summed E-state index contributed by atoms with van der Waals surface area (Å²) >= 11 is 0. The van der Waals surface area contributed by atoms with Crippen LogP contribution in [0.1, 0.15) is 110 Å². The zero-order chi connectivity index (χ0) is 18.8. The van der Waals surface area contributed by atoms with Crippen molar-refractivity contribution in [2.75, 3.05) is 6.61 Å². The van der Waals surface area contributed by atoms with Crippen molar-refractivity contribution in [2.45, 2.75) is 110 Å². The van der Waals surface area contributed by atoms with Gasteiger partial charge in [0.25, 0.3) is 0 Å². The third kappa shape index (κ3) is 17.7. The minimum absolute atomic E-state index is 0.174. The molecule has 0 aromatic carbocycles. The lowest BCUT2D eigenvalue weighted by atomic mass is 10.0. The second kappa shape index (κ2) is 17.9. The molecule has 0 saturated carbocycles. The van der Waals surface area contributed by atoms with Gasteiger partial charge >= 0.3 is 11.9 Å². The molecule has 0 aromatic heterocycles. The molecule has 0 rings (SSSR count). The van der Waals surface area contributed by atoms with Crippen LogP contribution in [0.15, 0.2) is 0 Å². The van der Waals surface area contributed by atoms with Crippen molar-refractivity contribution in [3.8, 4) is 0 Å². The maximum atomic E-state index is 11.5. The number of carbonyl (C=O) groups is 2. The predicted octanol–water partition coefficient (Wildman–Crippen LogP) is 5.56. The van der Waals surface area contributed by atoms with Crippen LogP contribution in [0.25, 0.3) is 0 Å². The molecule has 0 aromatic rings. The Balaban J connectivity index is 3.21. The zero-order valence-corrected chi connectivity index (χ0v) is 16.6. The summed E-state index contributed by atoms with van der Waals surface area (Å²) in [6, 6.07) is 0. The molecule has 1 atom stereocenters. The molecule has 0 aliphatic rings. The van der Waals surface area contributed by atoms with Gasteiger partial charge in [0.05, 0.1) is 5.92 Å². The summed E-state index contributed by atoms with van der Waals surface area (Å²) < 4.78 is 4.60. The predicted molar refractivity (Wildman–Crippen MR) is 102 cm³/mol. The van der Waals surface area contributed by atoms with Crippen LogP contribution in [-0.2, 0) is 14.3 Å². The van der Waals surface area contributed by atoms with Crippen LogP contribution in [0.3, 0.4) is 0 Å². The molecule has 4 nitrogen and oxygen atoms in total. The summed E-state index contributed by atoms with van der Waals surface area (Å²) in [5, 5.41) is 8.70. The van der Waals surface area contributed by atoms with Crippen molar-refractivity contribution in [2.24, 2.45) is 5.92 Å². The van der Waals surface area contributed by atoms with Gasteiger partial charge in [-0.25, -0.2) is 0 Å². The molecule has 0 aliphatic heterocycles. The fourth-order valence-corrected chi connectivity index (χ4v) is 3.04. The average Bonchev–Trinajstić information content (AvgIpc) is 2.57. The number of carbonyl (C=O) groups excluding carboxylic acids is 2. The van der Waals surface area contributed by atoms with E-state index in [0.29, 0.717) is 6.61 Å². The fraction of sp³-hybridized carbons (Fsp3) is 0.905. The number of aliphatic hydroxyl groups excluding tert-OH is 1. The Bertz CT molecular complexity index is 328. The molecule has 0 saturated heterocycles. The largest absolute Gasteiger partial charge is 0.396 e. The van der Waals surface area contributed by atoms with Crippen LogP contribution in [0.4, 0.5) is 0 Å². The van der Waals surface area contributed by atoms with Crippen molar-refractivity contribution < 1.29 is 19.4 Å². The third-order valence-electron chi connectivity index (χ3n) is 4.69. The number of aliphatic hydroxyl groups is 1. The van der Waals surface area contributed by atoms with Gasteiger partial charge in [-0.05, 0) is 12.8 Å². The number of hydrogen-bond acceptors (Lipinski definition) is 4. The Kier molecular flexibility index (Phi) is 17.3. The number of hydrogen-bond donors (Lipinski definition) is 1. The van der Waals surface area contributed by atoms with Crippen molar-refractivity contribution >= 4 is 11.9 Å². The molecule has 148 valence electrons. The monoisotopic (exact) mass is 356 g/mol. The highest BCUT2D eigenvalue weighted by Crippen LogP contribution is 2.15. The van der Waals surface area contributed by atoms with E-state index in [9.17, 15) is 9.59 Å².